The van der Waals surface area contributed by atoms with Crippen LogP contribution < -0.4 is 5.32 Å². The van der Waals surface area contributed by atoms with Crippen LogP contribution in [0.5, 0.6) is 0 Å². The fraction of sp³-hybridized carbons (Fsp3) is 0.909. The first-order valence-corrected chi connectivity index (χ1v) is 5.89. The third kappa shape index (κ3) is 3.18. The van der Waals surface area contributed by atoms with Crippen LogP contribution in [0, 0.1) is 0 Å². The van der Waals surface area contributed by atoms with E-state index in [1.165, 1.54) is 19.3 Å². The molecule has 1 aliphatic heterocycles. The number of ether oxygens (including phenoxy) is 2. The van der Waals surface area contributed by atoms with Crippen molar-refractivity contribution in [2.45, 2.75) is 44.3 Å². The molecule has 4 heteroatoms. The minimum atomic E-state index is -0.388. The van der Waals surface area contributed by atoms with Crippen molar-refractivity contribution in [3.8, 4) is 0 Å². The Hall–Kier alpha value is -0.610. The van der Waals surface area contributed by atoms with Crippen molar-refractivity contribution in [2.24, 2.45) is 0 Å². The SMILES string of the molecule is O=C(OC1CCCCC1)C1CNCCO1. The topological polar surface area (TPSA) is 47.6 Å². The second-order valence-corrected chi connectivity index (χ2v) is 4.26. The summed E-state index contributed by atoms with van der Waals surface area (Å²) in [5, 5.41) is 3.13. The first-order valence-electron chi connectivity index (χ1n) is 5.89. The molecule has 2 rings (SSSR count). The summed E-state index contributed by atoms with van der Waals surface area (Å²) in [5.41, 5.74) is 0. The van der Waals surface area contributed by atoms with E-state index in [9.17, 15) is 4.79 Å². The van der Waals surface area contributed by atoms with Gasteiger partial charge in [0.25, 0.3) is 0 Å². The van der Waals surface area contributed by atoms with Crippen LogP contribution in [0.4, 0.5) is 0 Å². The highest BCUT2D eigenvalue weighted by atomic mass is 16.6. The highest BCUT2D eigenvalue weighted by Gasteiger charge is 2.26. The van der Waals surface area contributed by atoms with Crippen LogP contribution in [0.2, 0.25) is 0 Å². The van der Waals surface area contributed by atoms with Crippen LogP contribution in [0.15, 0.2) is 0 Å². The largest absolute Gasteiger partial charge is 0.460 e. The van der Waals surface area contributed by atoms with Gasteiger partial charge in [0, 0.05) is 13.1 Å². The van der Waals surface area contributed by atoms with Crippen molar-refractivity contribution < 1.29 is 14.3 Å². The first-order chi connectivity index (χ1) is 7.36. The van der Waals surface area contributed by atoms with Gasteiger partial charge in [0.1, 0.15) is 6.10 Å². The molecule has 1 aliphatic carbocycles. The fourth-order valence-electron chi connectivity index (χ4n) is 2.14. The van der Waals surface area contributed by atoms with Gasteiger partial charge in [0.2, 0.25) is 0 Å². The third-order valence-corrected chi connectivity index (χ3v) is 3.03. The molecule has 1 N–H and O–H groups in total. The number of nitrogens with one attached hydrogen (secondary N) is 1. The molecule has 1 heterocycles. The molecule has 0 aromatic carbocycles. The van der Waals surface area contributed by atoms with E-state index < -0.39 is 0 Å². The summed E-state index contributed by atoms with van der Waals surface area (Å²) in [5.74, 6) is -0.186. The lowest BCUT2D eigenvalue weighted by Gasteiger charge is -2.26. The van der Waals surface area contributed by atoms with Gasteiger partial charge in [-0.15, -0.1) is 0 Å². The monoisotopic (exact) mass is 213 g/mol. The molecular weight excluding hydrogens is 194 g/mol. The fourth-order valence-corrected chi connectivity index (χ4v) is 2.14. The normalized spacial score (nSPS) is 28.7. The van der Waals surface area contributed by atoms with E-state index in [0.717, 1.165) is 19.4 Å². The molecule has 2 aliphatic rings. The van der Waals surface area contributed by atoms with Gasteiger partial charge in [-0.25, -0.2) is 4.79 Å². The van der Waals surface area contributed by atoms with E-state index in [-0.39, 0.29) is 18.2 Å². The number of carbonyl (C=O) groups excluding carboxylic acids is 1. The number of morpholine rings is 1. The van der Waals surface area contributed by atoms with Crippen LogP contribution in [0.25, 0.3) is 0 Å². The van der Waals surface area contributed by atoms with Crippen molar-refractivity contribution in [1.29, 1.82) is 0 Å². The Morgan fingerprint density at radius 2 is 2.07 bits per heavy atom. The summed E-state index contributed by atoms with van der Waals surface area (Å²) >= 11 is 0. The molecule has 86 valence electrons. The molecule has 0 aromatic rings. The van der Waals surface area contributed by atoms with Crippen molar-refractivity contribution >= 4 is 5.97 Å². The summed E-state index contributed by atoms with van der Waals surface area (Å²) in [7, 11) is 0. The Kier molecular flexibility index (Phi) is 3.97. The Morgan fingerprint density at radius 3 is 2.73 bits per heavy atom. The molecule has 2 fully saturated rings. The summed E-state index contributed by atoms with van der Waals surface area (Å²) < 4.78 is 10.8. The average molecular weight is 213 g/mol. The maximum absolute atomic E-state index is 11.7. The minimum absolute atomic E-state index is 0.136. The summed E-state index contributed by atoms with van der Waals surface area (Å²) in [4.78, 5) is 11.7. The van der Waals surface area contributed by atoms with Crippen molar-refractivity contribution in [3.63, 3.8) is 0 Å². The van der Waals surface area contributed by atoms with Gasteiger partial charge in [0.05, 0.1) is 6.61 Å². The zero-order valence-electron chi connectivity index (χ0n) is 9.04. The van der Waals surface area contributed by atoms with Gasteiger partial charge in [-0.2, -0.15) is 0 Å². The van der Waals surface area contributed by atoms with E-state index >= 15 is 0 Å². The van der Waals surface area contributed by atoms with Crippen molar-refractivity contribution in [1.82, 2.24) is 5.32 Å². The molecule has 0 bridgehead atoms. The molecule has 1 saturated heterocycles. The summed E-state index contributed by atoms with van der Waals surface area (Å²) in [6.45, 7) is 2.02. The van der Waals surface area contributed by atoms with Crippen LogP contribution in [-0.2, 0) is 14.3 Å². The summed E-state index contributed by atoms with van der Waals surface area (Å²) in [6, 6.07) is 0. The predicted octanol–water partition coefficient (Wildman–Crippen LogP) is 0.851. The lowest BCUT2D eigenvalue weighted by atomic mass is 9.98. The average Bonchev–Trinajstić information content (AvgIpc) is 2.31. The number of rotatable bonds is 2. The molecule has 4 nitrogen and oxygen atoms in total. The van der Waals surface area contributed by atoms with Crippen LogP contribution in [-0.4, -0.2) is 37.9 Å². The molecule has 1 saturated carbocycles. The molecule has 0 spiro atoms. The molecule has 1 unspecified atom stereocenters. The van der Waals surface area contributed by atoms with E-state index in [4.69, 9.17) is 9.47 Å². The van der Waals surface area contributed by atoms with Crippen LogP contribution in [0.3, 0.4) is 0 Å². The summed E-state index contributed by atoms with van der Waals surface area (Å²) in [6.07, 6.45) is 5.42. The van der Waals surface area contributed by atoms with Crippen molar-refractivity contribution in [3.05, 3.63) is 0 Å². The highest BCUT2D eigenvalue weighted by molar-refractivity contribution is 5.75. The van der Waals surface area contributed by atoms with E-state index in [0.29, 0.717) is 13.2 Å². The Morgan fingerprint density at radius 1 is 1.27 bits per heavy atom. The lowest BCUT2D eigenvalue weighted by molar-refractivity contribution is -0.165. The Balaban J connectivity index is 1.74. The maximum Gasteiger partial charge on any atom is 0.336 e. The first kappa shape index (κ1) is 10.9. The third-order valence-electron chi connectivity index (χ3n) is 3.03. The van der Waals surface area contributed by atoms with Gasteiger partial charge in [0.15, 0.2) is 6.10 Å². The van der Waals surface area contributed by atoms with Crippen molar-refractivity contribution in [2.75, 3.05) is 19.7 Å². The predicted molar refractivity (Wildman–Crippen MR) is 55.6 cm³/mol. The van der Waals surface area contributed by atoms with Gasteiger partial charge < -0.3 is 14.8 Å². The van der Waals surface area contributed by atoms with Crippen LogP contribution in [0.1, 0.15) is 32.1 Å². The standard InChI is InChI=1S/C11H19NO3/c13-11(10-8-12-6-7-14-10)15-9-4-2-1-3-5-9/h9-10,12H,1-8H2. The molecule has 0 radical (unpaired) electrons. The number of esters is 1. The lowest BCUT2D eigenvalue weighted by Crippen LogP contribution is -2.44. The number of hydrogen-bond acceptors (Lipinski definition) is 4. The number of hydrogen-bond donors (Lipinski definition) is 1. The Bertz CT molecular complexity index is 208. The van der Waals surface area contributed by atoms with Gasteiger partial charge in [-0.3, -0.25) is 0 Å². The van der Waals surface area contributed by atoms with E-state index in [2.05, 4.69) is 5.32 Å². The quantitative estimate of drug-likeness (QED) is 0.691. The molecule has 0 amide bonds. The zero-order chi connectivity index (χ0) is 10.5. The van der Waals surface area contributed by atoms with Gasteiger partial charge in [-0.1, -0.05) is 6.42 Å². The van der Waals surface area contributed by atoms with Crippen LogP contribution >= 0.6 is 0 Å². The molecule has 0 aromatic heterocycles. The highest BCUT2D eigenvalue weighted by Crippen LogP contribution is 2.20. The minimum Gasteiger partial charge on any atom is -0.460 e. The Labute approximate surface area is 90.3 Å². The van der Waals surface area contributed by atoms with Gasteiger partial charge in [-0.05, 0) is 25.7 Å². The molecular formula is C11H19NO3. The second-order valence-electron chi connectivity index (χ2n) is 4.26. The smallest absolute Gasteiger partial charge is 0.336 e. The molecule has 15 heavy (non-hydrogen) atoms. The maximum atomic E-state index is 11.7. The molecule has 1 atom stereocenters. The number of carbonyl (C=O) groups is 1. The van der Waals surface area contributed by atoms with E-state index in [1.54, 1.807) is 0 Å². The zero-order valence-corrected chi connectivity index (χ0v) is 9.04. The second kappa shape index (κ2) is 5.47. The van der Waals surface area contributed by atoms with Gasteiger partial charge >= 0.3 is 5.97 Å². The van der Waals surface area contributed by atoms with E-state index in [1.807, 2.05) is 0 Å².